The van der Waals surface area contributed by atoms with Crippen LogP contribution in [0.2, 0.25) is 0 Å². The molecule has 0 aliphatic heterocycles. The maximum absolute atomic E-state index is 3.94. The van der Waals surface area contributed by atoms with Crippen LogP contribution in [0.5, 0.6) is 0 Å². The van der Waals surface area contributed by atoms with E-state index in [0.29, 0.717) is 0 Å². The van der Waals surface area contributed by atoms with Gasteiger partial charge in [-0.05, 0) is 6.42 Å². The fourth-order valence-electron chi connectivity index (χ4n) is 1.09. The van der Waals surface area contributed by atoms with Gasteiger partial charge < -0.3 is 9.13 Å². The number of hydrogen-bond donors (Lipinski definition) is 0. The second-order valence-corrected chi connectivity index (χ2v) is 3.38. The summed E-state index contributed by atoms with van der Waals surface area (Å²) < 4.78 is 3.99. The van der Waals surface area contributed by atoms with Gasteiger partial charge in [-0.2, -0.15) is 0 Å². The van der Waals surface area contributed by atoms with Crippen molar-refractivity contribution in [3.63, 3.8) is 0 Å². The van der Waals surface area contributed by atoms with Gasteiger partial charge in [0, 0.05) is 60.8 Å². The van der Waals surface area contributed by atoms with Crippen molar-refractivity contribution in [2.45, 2.75) is 26.3 Å². The van der Waals surface area contributed by atoms with E-state index < -0.39 is 0 Å². The van der Waals surface area contributed by atoms with Crippen molar-refractivity contribution in [2.75, 3.05) is 0 Å². The summed E-state index contributed by atoms with van der Waals surface area (Å²) in [6, 6.07) is 0. The third-order valence-corrected chi connectivity index (χ3v) is 1.97. The van der Waals surface area contributed by atoms with Crippen molar-refractivity contribution in [2.24, 2.45) is 7.05 Å². The van der Waals surface area contributed by atoms with Crippen LogP contribution in [0.4, 0.5) is 0 Å². The van der Waals surface area contributed by atoms with E-state index in [2.05, 4.69) is 21.5 Å². The van der Waals surface area contributed by atoms with Gasteiger partial charge in [-0.25, -0.2) is 9.97 Å². The Morgan fingerprint density at radius 1 is 1.06 bits per heavy atom. The van der Waals surface area contributed by atoms with E-state index in [9.17, 15) is 0 Å². The van der Waals surface area contributed by atoms with E-state index in [1.54, 1.807) is 12.5 Å². The molecule has 0 fully saturated rings. The summed E-state index contributed by atoms with van der Waals surface area (Å²) in [5.74, 6) is 0. The van der Waals surface area contributed by atoms with Gasteiger partial charge in [0.1, 0.15) is 0 Å². The van der Waals surface area contributed by atoms with Crippen LogP contribution >= 0.6 is 0 Å². The normalized spacial score (nSPS) is 8.88. The van der Waals surface area contributed by atoms with Crippen molar-refractivity contribution in [1.29, 1.82) is 0 Å². The van der Waals surface area contributed by atoms with Crippen molar-refractivity contribution in [3.05, 3.63) is 37.4 Å². The number of nitrogens with zero attached hydrogens (tertiary/aromatic N) is 4. The van der Waals surface area contributed by atoms with Crippen LogP contribution in [0.1, 0.15) is 19.8 Å². The van der Waals surface area contributed by atoms with Crippen LogP contribution in [0.25, 0.3) is 0 Å². The molecule has 16 heavy (non-hydrogen) atoms. The van der Waals surface area contributed by atoms with Gasteiger partial charge in [0.05, 0.1) is 12.7 Å². The molecule has 93 valence electrons. The fraction of sp³-hybridized carbons (Fsp3) is 0.455. The standard InChI is InChI=1S/C7H12N2.C4H6N2.Ag/c1-2-3-5-9-6-4-8-7-9;1-6-3-2-5-4-6;/h4,6-7H,2-3,5H2,1H3;2-4H,1H3;. The number of aryl methyl sites for hydroxylation is 2. The van der Waals surface area contributed by atoms with E-state index in [1.165, 1.54) is 12.8 Å². The summed E-state index contributed by atoms with van der Waals surface area (Å²) >= 11 is 0. The molecule has 0 amide bonds. The van der Waals surface area contributed by atoms with Gasteiger partial charge in [-0.1, -0.05) is 13.3 Å². The Kier molecular flexibility index (Phi) is 8.90. The zero-order valence-electron chi connectivity index (χ0n) is 9.68. The molecule has 0 aliphatic rings. The van der Waals surface area contributed by atoms with E-state index in [1.807, 2.05) is 36.5 Å². The molecule has 0 atom stereocenters. The molecule has 0 unspecified atom stereocenters. The molecule has 5 heteroatoms. The van der Waals surface area contributed by atoms with Crippen LogP contribution in [-0.4, -0.2) is 19.1 Å². The van der Waals surface area contributed by atoms with Crippen molar-refractivity contribution in [1.82, 2.24) is 19.1 Å². The average Bonchev–Trinajstić information content (AvgIpc) is 2.88. The van der Waals surface area contributed by atoms with E-state index in [-0.39, 0.29) is 22.4 Å². The smallest absolute Gasteiger partial charge is 0.0945 e. The molecule has 0 saturated heterocycles. The van der Waals surface area contributed by atoms with E-state index in [0.717, 1.165) is 6.54 Å². The van der Waals surface area contributed by atoms with Gasteiger partial charge in [0.2, 0.25) is 0 Å². The van der Waals surface area contributed by atoms with Gasteiger partial charge in [-0.3, -0.25) is 0 Å². The number of imidazole rings is 2. The van der Waals surface area contributed by atoms with Crippen molar-refractivity contribution < 1.29 is 22.4 Å². The summed E-state index contributed by atoms with van der Waals surface area (Å²) in [5.41, 5.74) is 0. The summed E-state index contributed by atoms with van der Waals surface area (Å²) in [6.45, 7) is 3.30. The molecule has 2 aromatic heterocycles. The second-order valence-electron chi connectivity index (χ2n) is 3.38. The monoisotopic (exact) mass is 313 g/mol. The Balaban J connectivity index is 0.000000283. The Morgan fingerprint density at radius 2 is 1.75 bits per heavy atom. The zero-order valence-corrected chi connectivity index (χ0v) is 11.2. The molecule has 0 bridgehead atoms. The number of aromatic nitrogens is 4. The van der Waals surface area contributed by atoms with Gasteiger partial charge >= 0.3 is 0 Å². The Labute approximate surface area is 112 Å². The third kappa shape index (κ3) is 6.61. The molecular weight excluding hydrogens is 296 g/mol. The third-order valence-electron chi connectivity index (χ3n) is 1.97. The molecule has 2 aromatic rings. The van der Waals surface area contributed by atoms with Crippen molar-refractivity contribution >= 4 is 0 Å². The van der Waals surface area contributed by atoms with E-state index >= 15 is 0 Å². The second kappa shape index (κ2) is 9.39. The zero-order chi connectivity index (χ0) is 10.9. The van der Waals surface area contributed by atoms with Gasteiger partial charge in [-0.15, -0.1) is 0 Å². The molecule has 0 aromatic carbocycles. The van der Waals surface area contributed by atoms with E-state index in [4.69, 9.17) is 0 Å². The molecule has 4 nitrogen and oxygen atoms in total. The summed E-state index contributed by atoms with van der Waals surface area (Å²) in [5, 5.41) is 0. The topological polar surface area (TPSA) is 35.6 Å². The minimum Gasteiger partial charge on any atom is -0.341 e. The average molecular weight is 314 g/mol. The minimum atomic E-state index is 0. The summed E-state index contributed by atoms with van der Waals surface area (Å²) in [6.07, 6.45) is 13.6. The Hall–Kier alpha value is -0.840. The molecule has 0 aliphatic carbocycles. The molecule has 0 spiro atoms. The molecule has 1 radical (unpaired) electrons. The fourth-order valence-corrected chi connectivity index (χ4v) is 1.09. The first-order chi connectivity index (χ1) is 7.33. The van der Waals surface area contributed by atoms with Crippen molar-refractivity contribution in [3.8, 4) is 0 Å². The number of hydrogen-bond acceptors (Lipinski definition) is 2. The van der Waals surface area contributed by atoms with Crippen LogP contribution in [0, 0.1) is 0 Å². The van der Waals surface area contributed by atoms with Crippen LogP contribution in [-0.2, 0) is 36.0 Å². The first kappa shape index (κ1) is 15.2. The van der Waals surface area contributed by atoms with Crippen LogP contribution in [0.15, 0.2) is 37.4 Å². The number of rotatable bonds is 3. The van der Waals surface area contributed by atoms with Gasteiger partial charge in [0.15, 0.2) is 0 Å². The molecule has 2 heterocycles. The molecule has 2 rings (SSSR count). The van der Waals surface area contributed by atoms with Gasteiger partial charge in [0.25, 0.3) is 0 Å². The first-order valence-corrected chi connectivity index (χ1v) is 5.20. The molecule has 0 saturated carbocycles. The maximum atomic E-state index is 3.94. The predicted molar refractivity (Wildman–Crippen MR) is 60.3 cm³/mol. The minimum absolute atomic E-state index is 0. The maximum Gasteiger partial charge on any atom is 0.0945 e. The largest absolute Gasteiger partial charge is 0.341 e. The molecule has 0 N–H and O–H groups in total. The summed E-state index contributed by atoms with van der Waals surface area (Å²) in [4.78, 5) is 7.72. The van der Waals surface area contributed by atoms with Crippen LogP contribution in [0.3, 0.4) is 0 Å². The Morgan fingerprint density at radius 3 is 2.12 bits per heavy atom. The predicted octanol–water partition coefficient (Wildman–Crippen LogP) is 2.10. The number of unbranched alkanes of at least 4 members (excludes halogenated alkanes) is 1. The SMILES string of the molecule is CCCCn1ccnc1.Cn1ccnc1.[Ag]. The quantitative estimate of drug-likeness (QED) is 0.814. The first-order valence-electron chi connectivity index (χ1n) is 5.20. The Bertz CT molecular complexity index is 329. The molecular formula is C11H18AgN4. The summed E-state index contributed by atoms with van der Waals surface area (Å²) in [7, 11) is 1.94. The van der Waals surface area contributed by atoms with Crippen LogP contribution < -0.4 is 0 Å².